The molecule has 0 radical (unpaired) electrons. The Morgan fingerprint density at radius 2 is 1.33 bits per heavy atom. The summed E-state index contributed by atoms with van der Waals surface area (Å²) in [6, 6.07) is 25.1. The van der Waals surface area contributed by atoms with Crippen LogP contribution in [0.25, 0.3) is 0 Å². The quantitative estimate of drug-likeness (QED) is 0.689. The van der Waals surface area contributed by atoms with Gasteiger partial charge in [0.05, 0.1) is 11.4 Å². The van der Waals surface area contributed by atoms with Gasteiger partial charge >= 0.3 is 0 Å². The number of nitrogens with zero attached hydrogens (tertiary/aromatic N) is 1. The minimum absolute atomic E-state index is 0.0897. The lowest BCUT2D eigenvalue weighted by Crippen LogP contribution is -2.37. The molecule has 0 aliphatic carbocycles. The fourth-order valence-electron chi connectivity index (χ4n) is 2.56. The molecule has 0 spiro atoms. The minimum Gasteiger partial charge on any atom is -0.291 e. The van der Waals surface area contributed by atoms with Gasteiger partial charge in [0.2, 0.25) is 0 Å². The molecule has 3 aromatic carbocycles. The first-order valence-electron chi connectivity index (χ1n) is 7.94. The van der Waals surface area contributed by atoms with Crippen molar-refractivity contribution in [2.45, 2.75) is 13.8 Å². The van der Waals surface area contributed by atoms with E-state index in [1.54, 1.807) is 5.01 Å². The van der Waals surface area contributed by atoms with Crippen LogP contribution in [0.5, 0.6) is 0 Å². The molecule has 0 bridgehead atoms. The van der Waals surface area contributed by atoms with Crippen molar-refractivity contribution in [1.82, 2.24) is 0 Å². The summed E-state index contributed by atoms with van der Waals surface area (Å²) in [6.07, 6.45) is 0. The second kappa shape index (κ2) is 7.01. The molecule has 0 unspecified atom stereocenters. The molecule has 3 rings (SSSR count). The van der Waals surface area contributed by atoms with E-state index in [2.05, 4.69) is 5.43 Å². The Morgan fingerprint density at radius 3 is 2.00 bits per heavy atom. The van der Waals surface area contributed by atoms with Gasteiger partial charge in [0, 0.05) is 5.56 Å². The van der Waals surface area contributed by atoms with E-state index in [1.165, 1.54) is 0 Å². The van der Waals surface area contributed by atoms with Gasteiger partial charge in [0.15, 0.2) is 0 Å². The lowest BCUT2D eigenvalue weighted by Gasteiger charge is -2.27. The van der Waals surface area contributed by atoms with Gasteiger partial charge in [-0.3, -0.25) is 10.2 Å². The molecule has 3 aromatic rings. The maximum Gasteiger partial charge on any atom is 0.276 e. The zero-order valence-electron chi connectivity index (χ0n) is 13.9. The van der Waals surface area contributed by atoms with E-state index < -0.39 is 0 Å². The third-order valence-electron chi connectivity index (χ3n) is 3.96. The Balaban J connectivity index is 2.03. The molecule has 1 amide bonds. The Bertz CT molecular complexity index is 843. The van der Waals surface area contributed by atoms with Gasteiger partial charge in [-0.05, 0) is 49.2 Å². The van der Waals surface area contributed by atoms with E-state index in [0.717, 1.165) is 22.5 Å². The number of anilines is 2. The van der Waals surface area contributed by atoms with Crippen LogP contribution >= 0.6 is 0 Å². The normalized spacial score (nSPS) is 10.2. The van der Waals surface area contributed by atoms with Crippen LogP contribution in [-0.2, 0) is 0 Å². The third kappa shape index (κ3) is 3.30. The van der Waals surface area contributed by atoms with Crippen LogP contribution in [0, 0.1) is 13.8 Å². The van der Waals surface area contributed by atoms with Crippen molar-refractivity contribution < 1.29 is 4.79 Å². The van der Waals surface area contributed by atoms with Crippen LogP contribution in [-0.4, -0.2) is 5.91 Å². The lowest BCUT2D eigenvalue weighted by molar-refractivity contribution is 0.0992. The summed E-state index contributed by atoms with van der Waals surface area (Å²) >= 11 is 0. The number of hydrazine groups is 1. The molecule has 3 heteroatoms. The smallest absolute Gasteiger partial charge is 0.276 e. The first-order valence-corrected chi connectivity index (χ1v) is 7.94. The number of carbonyl (C=O) groups excluding carboxylic acids is 1. The standard InChI is InChI=1S/C21H20N2O/c1-16-10-6-8-14-19(16)22-23(20-15-9-7-11-17(20)2)21(24)18-12-4-3-5-13-18/h3-15,22H,1-2H3. The summed E-state index contributed by atoms with van der Waals surface area (Å²) in [5, 5.41) is 1.62. The average molecular weight is 316 g/mol. The summed E-state index contributed by atoms with van der Waals surface area (Å²) in [5.74, 6) is -0.0897. The summed E-state index contributed by atoms with van der Waals surface area (Å²) in [6.45, 7) is 4.02. The third-order valence-corrected chi connectivity index (χ3v) is 3.96. The van der Waals surface area contributed by atoms with Crippen LogP contribution in [0.1, 0.15) is 21.5 Å². The Hall–Kier alpha value is -3.07. The van der Waals surface area contributed by atoms with Crippen molar-refractivity contribution >= 4 is 17.3 Å². The molecule has 0 fully saturated rings. The zero-order valence-corrected chi connectivity index (χ0v) is 13.9. The molecular formula is C21H20N2O. The van der Waals surface area contributed by atoms with Gasteiger partial charge in [0.25, 0.3) is 5.91 Å². The predicted octanol–water partition coefficient (Wildman–Crippen LogP) is 4.98. The molecule has 0 saturated heterocycles. The fraction of sp³-hybridized carbons (Fsp3) is 0.0952. The topological polar surface area (TPSA) is 32.3 Å². The first kappa shape index (κ1) is 15.8. The van der Waals surface area contributed by atoms with E-state index in [0.29, 0.717) is 5.56 Å². The fourth-order valence-corrected chi connectivity index (χ4v) is 2.56. The SMILES string of the molecule is Cc1ccccc1NN(C(=O)c1ccccc1)c1ccccc1C. The molecule has 0 saturated carbocycles. The lowest BCUT2D eigenvalue weighted by atomic mass is 10.1. The number of hydrogen-bond donors (Lipinski definition) is 1. The number of carbonyl (C=O) groups is 1. The second-order valence-corrected chi connectivity index (χ2v) is 5.72. The van der Waals surface area contributed by atoms with E-state index in [1.807, 2.05) is 92.7 Å². The monoisotopic (exact) mass is 316 g/mol. The highest BCUT2D eigenvalue weighted by Gasteiger charge is 2.19. The van der Waals surface area contributed by atoms with Gasteiger partial charge in [-0.15, -0.1) is 0 Å². The van der Waals surface area contributed by atoms with Crippen LogP contribution in [0.15, 0.2) is 78.9 Å². The van der Waals surface area contributed by atoms with Gasteiger partial charge in [0.1, 0.15) is 0 Å². The Kier molecular flexibility index (Phi) is 4.62. The van der Waals surface area contributed by atoms with Crippen LogP contribution in [0.4, 0.5) is 11.4 Å². The molecule has 1 N–H and O–H groups in total. The first-order chi connectivity index (χ1) is 11.7. The van der Waals surface area contributed by atoms with Gasteiger partial charge in [-0.2, -0.15) is 0 Å². The number of aryl methyl sites for hydroxylation is 2. The van der Waals surface area contributed by atoms with Crippen molar-refractivity contribution in [3.8, 4) is 0 Å². The van der Waals surface area contributed by atoms with Crippen molar-refractivity contribution in [2.24, 2.45) is 0 Å². The van der Waals surface area contributed by atoms with Crippen LogP contribution in [0.3, 0.4) is 0 Å². The van der Waals surface area contributed by atoms with E-state index >= 15 is 0 Å². The van der Waals surface area contributed by atoms with E-state index in [4.69, 9.17) is 0 Å². The molecule has 0 aliphatic rings. The van der Waals surface area contributed by atoms with E-state index in [9.17, 15) is 4.79 Å². The number of para-hydroxylation sites is 2. The highest BCUT2D eigenvalue weighted by atomic mass is 16.2. The van der Waals surface area contributed by atoms with Gasteiger partial charge in [-0.1, -0.05) is 54.6 Å². The molecule has 3 nitrogen and oxygen atoms in total. The zero-order chi connectivity index (χ0) is 16.9. The Morgan fingerprint density at radius 1 is 0.750 bits per heavy atom. The predicted molar refractivity (Wildman–Crippen MR) is 99.2 cm³/mol. The molecule has 0 aliphatic heterocycles. The molecule has 24 heavy (non-hydrogen) atoms. The summed E-state index contributed by atoms with van der Waals surface area (Å²) in [7, 11) is 0. The average Bonchev–Trinajstić information content (AvgIpc) is 2.62. The van der Waals surface area contributed by atoms with Crippen molar-refractivity contribution in [3.63, 3.8) is 0 Å². The van der Waals surface area contributed by atoms with Gasteiger partial charge in [-0.25, -0.2) is 5.01 Å². The minimum atomic E-state index is -0.0897. The van der Waals surface area contributed by atoms with Crippen LogP contribution in [0.2, 0.25) is 0 Å². The number of nitrogens with one attached hydrogen (secondary N) is 1. The maximum atomic E-state index is 13.1. The van der Waals surface area contributed by atoms with E-state index in [-0.39, 0.29) is 5.91 Å². The molecular weight excluding hydrogens is 296 g/mol. The summed E-state index contributed by atoms with van der Waals surface area (Å²) < 4.78 is 0. The molecule has 120 valence electrons. The highest BCUT2D eigenvalue weighted by Crippen LogP contribution is 2.24. The summed E-state index contributed by atoms with van der Waals surface area (Å²) in [4.78, 5) is 13.1. The van der Waals surface area contributed by atoms with Crippen molar-refractivity contribution in [2.75, 3.05) is 10.4 Å². The molecule has 0 aromatic heterocycles. The number of benzene rings is 3. The summed E-state index contributed by atoms with van der Waals surface area (Å²) in [5.41, 5.74) is 7.79. The maximum absolute atomic E-state index is 13.1. The number of hydrogen-bond acceptors (Lipinski definition) is 2. The number of rotatable bonds is 4. The largest absolute Gasteiger partial charge is 0.291 e. The van der Waals surface area contributed by atoms with Gasteiger partial charge < -0.3 is 0 Å². The Labute approximate surface area is 142 Å². The molecule has 0 heterocycles. The highest BCUT2D eigenvalue weighted by molar-refractivity contribution is 6.07. The van der Waals surface area contributed by atoms with Crippen molar-refractivity contribution in [3.05, 3.63) is 95.6 Å². The van der Waals surface area contributed by atoms with Crippen LogP contribution < -0.4 is 10.4 Å². The second-order valence-electron chi connectivity index (χ2n) is 5.72. The number of amides is 1. The molecule has 0 atom stereocenters. The van der Waals surface area contributed by atoms with Crippen molar-refractivity contribution in [1.29, 1.82) is 0 Å².